The van der Waals surface area contributed by atoms with Crippen LogP contribution in [0.1, 0.15) is 23.6 Å². The maximum Gasteiger partial charge on any atom is 0.349 e. The van der Waals surface area contributed by atoms with Gasteiger partial charge in [-0.1, -0.05) is 30.3 Å². The van der Waals surface area contributed by atoms with Gasteiger partial charge in [0, 0.05) is 31.0 Å². The molecule has 202 valence electrons. The van der Waals surface area contributed by atoms with E-state index in [9.17, 15) is 13.6 Å². The first-order chi connectivity index (χ1) is 19.5. The van der Waals surface area contributed by atoms with Gasteiger partial charge in [-0.25, -0.2) is 18.6 Å². The predicted octanol–water partition coefficient (Wildman–Crippen LogP) is 6.52. The molecule has 2 heterocycles. The number of fused-ring (bicyclic) bond motifs is 1. The third kappa shape index (κ3) is 6.32. The fourth-order valence-electron chi connectivity index (χ4n) is 4.23. The first-order valence-electron chi connectivity index (χ1n) is 12.7. The van der Waals surface area contributed by atoms with Crippen molar-refractivity contribution in [1.82, 2.24) is 4.98 Å². The third-order valence-electron chi connectivity index (χ3n) is 6.14. The van der Waals surface area contributed by atoms with Gasteiger partial charge < -0.3 is 14.1 Å². The number of ether oxygens (including phenoxy) is 1. The zero-order valence-electron chi connectivity index (χ0n) is 21.7. The Morgan fingerprint density at radius 2 is 1.62 bits per heavy atom. The molecule has 5 rings (SSSR count). The number of nitrogens with zero attached hydrogens (tertiary/aromatic N) is 3. The van der Waals surface area contributed by atoms with Gasteiger partial charge in [-0.05, 0) is 66.6 Å². The van der Waals surface area contributed by atoms with Gasteiger partial charge in [0.25, 0.3) is 0 Å². The summed E-state index contributed by atoms with van der Waals surface area (Å²) in [5.41, 5.74) is 5.20. The molecule has 0 atom stereocenters. The summed E-state index contributed by atoms with van der Waals surface area (Å²) < 4.78 is 38.6. The summed E-state index contributed by atoms with van der Waals surface area (Å²) in [6.07, 6.45) is 2.98. The second-order valence-corrected chi connectivity index (χ2v) is 8.94. The molecule has 0 spiro atoms. The summed E-state index contributed by atoms with van der Waals surface area (Å²) in [6.45, 7) is 3.04. The van der Waals surface area contributed by atoms with E-state index in [1.54, 1.807) is 48.7 Å². The number of aromatic nitrogens is 1. The average molecular weight is 541 g/mol. The van der Waals surface area contributed by atoms with Crippen LogP contribution in [0.4, 0.5) is 20.3 Å². The zero-order chi connectivity index (χ0) is 27.9. The average Bonchev–Trinajstić information content (AvgIpc) is 2.96. The van der Waals surface area contributed by atoms with Gasteiger partial charge in [-0.15, -0.1) is 0 Å². The van der Waals surface area contributed by atoms with Crippen LogP contribution in [0.5, 0.6) is 5.75 Å². The Kier molecular flexibility index (Phi) is 8.10. The van der Waals surface area contributed by atoms with Crippen LogP contribution in [0.15, 0.2) is 105 Å². The quantitative estimate of drug-likeness (QED) is 0.123. The van der Waals surface area contributed by atoms with E-state index in [4.69, 9.17) is 9.15 Å². The van der Waals surface area contributed by atoms with Crippen molar-refractivity contribution >= 4 is 28.7 Å². The molecule has 0 unspecified atom stereocenters. The summed E-state index contributed by atoms with van der Waals surface area (Å²) >= 11 is 0. The molecule has 2 aromatic heterocycles. The van der Waals surface area contributed by atoms with Crippen LogP contribution >= 0.6 is 0 Å². The lowest BCUT2D eigenvalue weighted by Crippen LogP contribution is -2.22. The standard InChI is InChI=1S/C31H26F2N4O3/c1-2-39-30-26-15-14-25(17-28(26)40-31(38)27(30)18-35-36-29-5-3-4-16-34-29)37(19-21-6-10-23(32)11-7-21)20-22-8-12-24(33)13-9-22/h3-18H,2,19-20H2,1H3,(H,34,36)/b35-18+. The first-order valence-corrected chi connectivity index (χ1v) is 12.7. The number of nitrogens with one attached hydrogen (secondary N) is 1. The Balaban J connectivity index is 1.51. The molecule has 1 N–H and O–H groups in total. The lowest BCUT2D eigenvalue weighted by atomic mass is 10.1. The Morgan fingerprint density at radius 1 is 0.950 bits per heavy atom. The van der Waals surface area contributed by atoms with E-state index in [2.05, 4.69) is 15.5 Å². The van der Waals surface area contributed by atoms with Crippen LogP contribution < -0.4 is 20.7 Å². The number of hydrogen-bond acceptors (Lipinski definition) is 7. The normalized spacial score (nSPS) is 11.2. The molecule has 3 aromatic carbocycles. The minimum absolute atomic E-state index is 0.167. The van der Waals surface area contributed by atoms with Crippen molar-refractivity contribution in [3.63, 3.8) is 0 Å². The molecule has 7 nitrogen and oxygen atoms in total. The molecule has 0 bridgehead atoms. The lowest BCUT2D eigenvalue weighted by molar-refractivity contribution is 0.340. The number of halogens is 2. The largest absolute Gasteiger partial charge is 0.492 e. The van der Waals surface area contributed by atoms with Crippen molar-refractivity contribution in [1.29, 1.82) is 0 Å². The van der Waals surface area contributed by atoms with Crippen molar-refractivity contribution in [2.75, 3.05) is 16.9 Å². The van der Waals surface area contributed by atoms with Crippen LogP contribution in [-0.2, 0) is 13.1 Å². The summed E-state index contributed by atoms with van der Waals surface area (Å²) in [6, 6.07) is 23.3. The van der Waals surface area contributed by atoms with Gasteiger partial charge in [0.05, 0.1) is 18.2 Å². The number of pyridine rings is 1. The minimum atomic E-state index is -0.608. The first kappa shape index (κ1) is 26.6. The fraction of sp³-hybridized carbons (Fsp3) is 0.129. The van der Waals surface area contributed by atoms with Gasteiger partial charge in [0.15, 0.2) is 0 Å². The van der Waals surface area contributed by atoms with Gasteiger partial charge in [-0.3, -0.25) is 5.43 Å². The second kappa shape index (κ2) is 12.2. The zero-order valence-corrected chi connectivity index (χ0v) is 21.7. The molecule has 0 aliphatic heterocycles. The van der Waals surface area contributed by atoms with Crippen LogP contribution in [0, 0.1) is 11.6 Å². The van der Waals surface area contributed by atoms with Crippen molar-refractivity contribution in [2.24, 2.45) is 5.10 Å². The van der Waals surface area contributed by atoms with Crippen LogP contribution in [-0.4, -0.2) is 17.8 Å². The van der Waals surface area contributed by atoms with Crippen molar-refractivity contribution in [2.45, 2.75) is 20.0 Å². The number of benzene rings is 3. The number of hydrogen-bond donors (Lipinski definition) is 1. The predicted molar refractivity (Wildman–Crippen MR) is 152 cm³/mol. The van der Waals surface area contributed by atoms with Crippen LogP contribution in [0.25, 0.3) is 11.0 Å². The number of rotatable bonds is 10. The molecule has 9 heteroatoms. The van der Waals surface area contributed by atoms with E-state index in [-0.39, 0.29) is 17.2 Å². The Morgan fingerprint density at radius 3 is 2.23 bits per heavy atom. The molecule has 0 aliphatic rings. The minimum Gasteiger partial charge on any atom is -0.492 e. The van der Waals surface area contributed by atoms with Gasteiger partial charge >= 0.3 is 5.63 Å². The van der Waals surface area contributed by atoms with Crippen molar-refractivity contribution in [3.05, 3.63) is 130 Å². The highest BCUT2D eigenvalue weighted by Gasteiger charge is 2.17. The lowest BCUT2D eigenvalue weighted by Gasteiger charge is -2.26. The summed E-state index contributed by atoms with van der Waals surface area (Å²) in [7, 11) is 0. The van der Waals surface area contributed by atoms with E-state index in [0.717, 1.165) is 16.8 Å². The fourth-order valence-corrected chi connectivity index (χ4v) is 4.23. The number of hydrazone groups is 1. The second-order valence-electron chi connectivity index (χ2n) is 8.94. The van der Waals surface area contributed by atoms with Gasteiger partial charge in [0.2, 0.25) is 0 Å². The number of anilines is 2. The Bertz CT molecular complexity index is 1620. The third-order valence-corrected chi connectivity index (χ3v) is 6.14. The summed E-state index contributed by atoms with van der Waals surface area (Å²) in [4.78, 5) is 19.2. The highest BCUT2D eigenvalue weighted by molar-refractivity contribution is 5.95. The maximum atomic E-state index is 13.5. The summed E-state index contributed by atoms with van der Waals surface area (Å²) in [5, 5.41) is 4.74. The van der Waals surface area contributed by atoms with Crippen LogP contribution in [0.2, 0.25) is 0 Å². The monoisotopic (exact) mass is 540 g/mol. The topological polar surface area (TPSA) is 80.0 Å². The Hall–Kier alpha value is -5.05. The van der Waals surface area contributed by atoms with Crippen LogP contribution in [0.3, 0.4) is 0 Å². The molecule has 0 aliphatic carbocycles. The van der Waals surface area contributed by atoms with Gasteiger partial charge in [-0.2, -0.15) is 5.10 Å². The molecule has 0 fully saturated rings. The highest BCUT2D eigenvalue weighted by Crippen LogP contribution is 2.31. The highest BCUT2D eigenvalue weighted by atomic mass is 19.1. The van der Waals surface area contributed by atoms with E-state index < -0.39 is 5.63 Å². The van der Waals surface area contributed by atoms with Crippen molar-refractivity contribution in [3.8, 4) is 5.75 Å². The Labute approximate surface area is 229 Å². The summed E-state index contributed by atoms with van der Waals surface area (Å²) in [5.74, 6) is 0.239. The van der Waals surface area contributed by atoms with Crippen molar-refractivity contribution < 1.29 is 17.9 Å². The molecule has 0 radical (unpaired) electrons. The van der Waals surface area contributed by atoms with E-state index >= 15 is 0 Å². The molecule has 5 aromatic rings. The van der Waals surface area contributed by atoms with E-state index in [1.165, 1.54) is 30.5 Å². The molecular weight excluding hydrogens is 514 g/mol. The molecule has 40 heavy (non-hydrogen) atoms. The van der Waals surface area contributed by atoms with E-state index in [0.29, 0.717) is 42.2 Å². The molecule has 0 saturated carbocycles. The maximum absolute atomic E-state index is 13.5. The van der Waals surface area contributed by atoms with E-state index in [1.807, 2.05) is 30.0 Å². The molecule has 0 amide bonds. The smallest absolute Gasteiger partial charge is 0.349 e. The molecule has 0 saturated heterocycles. The SMILES string of the molecule is CCOc1c(/C=N/Nc2ccccn2)c(=O)oc2cc(N(Cc3ccc(F)cc3)Cc3ccc(F)cc3)ccc12. The molecular formula is C31H26F2N4O3. The van der Waals surface area contributed by atoms with Gasteiger partial charge in [0.1, 0.15) is 34.3 Å².